The van der Waals surface area contributed by atoms with Gasteiger partial charge in [0.1, 0.15) is 24.7 Å². The molecule has 0 spiro atoms. The number of carbonyl (C=O) groups excluding carboxylic acids is 4. The van der Waals surface area contributed by atoms with Crippen molar-refractivity contribution >= 4 is 45.6 Å². The van der Waals surface area contributed by atoms with Crippen molar-refractivity contribution < 1.29 is 28.8 Å². The summed E-state index contributed by atoms with van der Waals surface area (Å²) in [4.78, 5) is 66.8. The number of carbonyl (C=O) groups is 4. The van der Waals surface area contributed by atoms with E-state index in [1.165, 1.54) is 14.2 Å². The highest BCUT2D eigenvalue weighted by molar-refractivity contribution is 5.95. The first-order valence-electron chi connectivity index (χ1n) is 17.3. The molecule has 4 amide bonds. The predicted octanol–water partition coefficient (Wildman–Crippen LogP) is 4.96. The quantitative estimate of drug-likeness (QED) is 0.0947. The van der Waals surface area contributed by atoms with Gasteiger partial charge < -0.3 is 30.7 Å². The number of fused-ring (bicyclic) bond motifs is 2. The summed E-state index contributed by atoms with van der Waals surface area (Å²) in [6.07, 6.45) is 3.18. The molecule has 53 heavy (non-hydrogen) atoms. The van der Waals surface area contributed by atoms with Gasteiger partial charge in [-0.15, -0.1) is 0 Å². The largest absolute Gasteiger partial charge is 0.445 e. The standard InChI is InChI=1S/C41H42N6O6/c1-47(52-2)40(50)37(21-27-13-5-3-6-14-27)45-38(48)35(22-29-24-42-33-19-11-9-17-31(29)33)44-39(49)36(23-30-25-43-34-20-12-10-18-32(30)34)46-41(51)53-26-28-15-7-4-8-16-28/h3-20,24-25,35-37,42-43H,21-23,26H2,1-2H3,(H,44,49)(H,45,48)(H,46,51). The number of nitrogens with zero attached hydrogens (tertiary/aromatic N) is 1. The summed E-state index contributed by atoms with van der Waals surface area (Å²) in [6.45, 7) is 0.00639. The maximum Gasteiger partial charge on any atom is 0.408 e. The average molecular weight is 715 g/mol. The number of likely N-dealkylation sites (N-methyl/N-ethyl adjacent to an activating group) is 1. The van der Waals surface area contributed by atoms with Gasteiger partial charge in [0.25, 0.3) is 5.91 Å². The van der Waals surface area contributed by atoms with E-state index in [0.717, 1.165) is 49.1 Å². The summed E-state index contributed by atoms with van der Waals surface area (Å²) >= 11 is 0. The van der Waals surface area contributed by atoms with E-state index >= 15 is 0 Å². The van der Waals surface area contributed by atoms with Crippen LogP contribution in [-0.2, 0) is 49.8 Å². The van der Waals surface area contributed by atoms with Gasteiger partial charge in [0.15, 0.2) is 0 Å². The second kappa shape index (κ2) is 17.2. The number of benzene rings is 4. The summed E-state index contributed by atoms with van der Waals surface area (Å²) in [7, 11) is 2.83. The molecule has 0 fully saturated rings. The lowest BCUT2D eigenvalue weighted by Crippen LogP contribution is -2.58. The van der Waals surface area contributed by atoms with Gasteiger partial charge in [-0.05, 0) is 34.4 Å². The fourth-order valence-electron chi connectivity index (χ4n) is 6.27. The predicted molar refractivity (Wildman–Crippen MR) is 201 cm³/mol. The number of nitrogens with one attached hydrogen (secondary N) is 5. The number of alkyl carbamates (subject to hydrolysis) is 1. The van der Waals surface area contributed by atoms with Gasteiger partial charge in [-0.1, -0.05) is 97.1 Å². The van der Waals surface area contributed by atoms with Crippen molar-refractivity contribution in [2.75, 3.05) is 14.2 Å². The minimum atomic E-state index is -1.15. The number of hydrogen-bond donors (Lipinski definition) is 5. The molecule has 0 aliphatic heterocycles. The number of para-hydroxylation sites is 2. The summed E-state index contributed by atoms with van der Waals surface area (Å²) in [5, 5.41) is 11.4. The van der Waals surface area contributed by atoms with Crippen LogP contribution in [0.1, 0.15) is 22.3 Å². The number of hydrogen-bond acceptors (Lipinski definition) is 6. The zero-order chi connectivity index (χ0) is 37.2. The summed E-state index contributed by atoms with van der Waals surface area (Å²) in [6, 6.07) is 30.5. The molecule has 0 saturated heterocycles. The molecule has 0 aliphatic rings. The molecule has 6 rings (SSSR count). The molecule has 2 heterocycles. The molecule has 6 aromatic rings. The minimum absolute atomic E-state index is 0.00639. The zero-order valence-corrected chi connectivity index (χ0v) is 29.5. The second-order valence-electron chi connectivity index (χ2n) is 12.7. The Labute approximate surface area is 306 Å². The van der Waals surface area contributed by atoms with Crippen LogP contribution in [0, 0.1) is 0 Å². The van der Waals surface area contributed by atoms with Crippen molar-refractivity contribution in [1.29, 1.82) is 0 Å². The lowest BCUT2D eigenvalue weighted by atomic mass is 10.0. The van der Waals surface area contributed by atoms with E-state index in [-0.39, 0.29) is 25.9 Å². The van der Waals surface area contributed by atoms with Gasteiger partial charge in [-0.3, -0.25) is 19.2 Å². The SMILES string of the molecule is CON(C)C(=O)C(Cc1ccccc1)NC(=O)C(Cc1c[nH]c2ccccc12)NC(=O)C(Cc1c[nH]c2ccccc12)NC(=O)OCc1ccccc1. The molecular weight excluding hydrogens is 672 g/mol. The lowest BCUT2D eigenvalue weighted by Gasteiger charge is -2.27. The van der Waals surface area contributed by atoms with Gasteiger partial charge in [-0.2, -0.15) is 0 Å². The fraction of sp³-hybridized carbons (Fsp3) is 0.220. The Morgan fingerprint density at radius 1 is 0.604 bits per heavy atom. The Hall–Kier alpha value is -6.40. The Kier molecular flexibility index (Phi) is 11.8. The molecule has 3 unspecified atom stereocenters. The normalized spacial score (nSPS) is 12.8. The molecule has 3 atom stereocenters. The van der Waals surface area contributed by atoms with Gasteiger partial charge in [-0.25, -0.2) is 9.86 Å². The van der Waals surface area contributed by atoms with Crippen LogP contribution in [0.2, 0.25) is 0 Å². The Morgan fingerprint density at radius 2 is 1.08 bits per heavy atom. The zero-order valence-electron chi connectivity index (χ0n) is 29.5. The number of aromatic nitrogens is 2. The Bertz CT molecular complexity index is 2170. The molecule has 2 aromatic heterocycles. The number of ether oxygens (including phenoxy) is 1. The van der Waals surface area contributed by atoms with E-state index < -0.39 is 41.9 Å². The monoisotopic (exact) mass is 714 g/mol. The van der Waals surface area contributed by atoms with Crippen molar-refractivity contribution in [1.82, 2.24) is 31.0 Å². The van der Waals surface area contributed by atoms with Crippen LogP contribution >= 0.6 is 0 Å². The molecule has 0 aliphatic carbocycles. The molecule has 12 nitrogen and oxygen atoms in total. The topological polar surface area (TPSA) is 158 Å². The number of hydroxylamine groups is 2. The van der Waals surface area contributed by atoms with Gasteiger partial charge in [0, 0.05) is 60.5 Å². The van der Waals surface area contributed by atoms with Crippen molar-refractivity contribution in [3.05, 3.63) is 144 Å². The highest BCUT2D eigenvalue weighted by Gasteiger charge is 2.32. The molecule has 4 aromatic carbocycles. The van der Waals surface area contributed by atoms with Gasteiger partial charge in [0.2, 0.25) is 11.8 Å². The van der Waals surface area contributed by atoms with Crippen LogP contribution in [0.4, 0.5) is 4.79 Å². The molecule has 0 saturated carbocycles. The van der Waals surface area contributed by atoms with Gasteiger partial charge in [0.05, 0.1) is 7.11 Å². The van der Waals surface area contributed by atoms with E-state index in [9.17, 15) is 19.2 Å². The molecule has 5 N–H and O–H groups in total. The maximum atomic E-state index is 14.3. The molecule has 0 radical (unpaired) electrons. The number of H-pyrrole nitrogens is 2. The third kappa shape index (κ3) is 9.29. The van der Waals surface area contributed by atoms with Crippen molar-refractivity contribution in [3.8, 4) is 0 Å². The van der Waals surface area contributed by atoms with Crippen molar-refractivity contribution in [2.45, 2.75) is 44.0 Å². The van der Waals surface area contributed by atoms with Crippen LogP contribution in [0.5, 0.6) is 0 Å². The van der Waals surface area contributed by atoms with Gasteiger partial charge >= 0.3 is 6.09 Å². The summed E-state index contributed by atoms with van der Waals surface area (Å²) in [5.74, 6) is -1.66. The first-order chi connectivity index (χ1) is 25.8. The van der Waals surface area contributed by atoms with Crippen LogP contribution in [0.3, 0.4) is 0 Å². The van der Waals surface area contributed by atoms with E-state index in [0.29, 0.717) is 0 Å². The average Bonchev–Trinajstić information content (AvgIpc) is 3.80. The lowest BCUT2D eigenvalue weighted by molar-refractivity contribution is -0.171. The second-order valence-corrected chi connectivity index (χ2v) is 12.7. The Balaban J connectivity index is 1.28. The Morgan fingerprint density at radius 3 is 1.62 bits per heavy atom. The van der Waals surface area contributed by atoms with Crippen molar-refractivity contribution in [3.63, 3.8) is 0 Å². The van der Waals surface area contributed by atoms with E-state index in [1.54, 1.807) is 12.4 Å². The van der Waals surface area contributed by atoms with Crippen molar-refractivity contribution in [2.24, 2.45) is 0 Å². The first-order valence-corrected chi connectivity index (χ1v) is 17.3. The molecular formula is C41H42N6O6. The fourth-order valence-corrected chi connectivity index (χ4v) is 6.27. The smallest absolute Gasteiger partial charge is 0.408 e. The highest BCUT2D eigenvalue weighted by atomic mass is 16.7. The van der Waals surface area contributed by atoms with Crippen LogP contribution in [-0.4, -0.2) is 71.1 Å². The van der Waals surface area contributed by atoms with E-state index in [1.807, 2.05) is 109 Å². The number of rotatable bonds is 15. The first kappa shape index (κ1) is 36.4. The van der Waals surface area contributed by atoms with Crippen LogP contribution in [0.15, 0.2) is 122 Å². The number of amides is 4. The van der Waals surface area contributed by atoms with Crippen LogP contribution < -0.4 is 16.0 Å². The van der Waals surface area contributed by atoms with E-state index in [2.05, 4.69) is 25.9 Å². The number of aromatic amines is 2. The van der Waals surface area contributed by atoms with E-state index in [4.69, 9.17) is 9.57 Å². The molecule has 12 heteroatoms. The molecule has 0 bridgehead atoms. The maximum absolute atomic E-state index is 14.3. The summed E-state index contributed by atoms with van der Waals surface area (Å²) in [5.41, 5.74) is 4.92. The summed E-state index contributed by atoms with van der Waals surface area (Å²) < 4.78 is 5.49. The highest BCUT2D eigenvalue weighted by Crippen LogP contribution is 2.21. The molecule has 272 valence electrons. The van der Waals surface area contributed by atoms with Crippen LogP contribution in [0.25, 0.3) is 21.8 Å². The minimum Gasteiger partial charge on any atom is -0.445 e. The third-order valence-corrected chi connectivity index (χ3v) is 9.13. The third-order valence-electron chi connectivity index (χ3n) is 9.13.